The van der Waals surface area contributed by atoms with Crippen LogP contribution in [0, 0.1) is 11.3 Å². The number of hydrogen-bond donors (Lipinski definition) is 0. The number of halogens is 2. The molecule has 3 aromatic rings. The van der Waals surface area contributed by atoms with E-state index in [1.807, 2.05) is 48.5 Å². The molecule has 0 unspecified atom stereocenters. The van der Waals surface area contributed by atoms with Crippen LogP contribution in [0.4, 0.5) is 0 Å². The zero-order chi connectivity index (χ0) is 16.9. The smallest absolute Gasteiger partial charge is 0.124 e. The van der Waals surface area contributed by atoms with Gasteiger partial charge in [0.1, 0.15) is 10.9 Å². The van der Waals surface area contributed by atoms with Gasteiger partial charge in [-0.1, -0.05) is 47.1 Å². The van der Waals surface area contributed by atoms with E-state index in [1.54, 1.807) is 12.1 Å². The molecule has 0 fully saturated rings. The Bertz CT molecular complexity index is 857. The van der Waals surface area contributed by atoms with Crippen LogP contribution in [0.5, 0.6) is 0 Å². The van der Waals surface area contributed by atoms with Gasteiger partial charge in [0.2, 0.25) is 0 Å². The van der Waals surface area contributed by atoms with Gasteiger partial charge in [-0.15, -0.1) is 5.10 Å². The summed E-state index contributed by atoms with van der Waals surface area (Å²) in [5, 5.41) is 20.0. The Morgan fingerprint density at radius 3 is 2.00 bits per heavy atom. The standard InChI is InChI=1S/C18H11Cl2N3S/c19-13-3-1-12(2-4-13)16(11-21)17-9-10-18(23-22-17)24-15-7-5-14(20)6-8-15/h1-10,16H/t16-/m0/s1. The van der Waals surface area contributed by atoms with Gasteiger partial charge in [-0.25, -0.2) is 0 Å². The van der Waals surface area contributed by atoms with Crippen molar-refractivity contribution in [1.82, 2.24) is 10.2 Å². The molecular formula is C18H11Cl2N3S. The molecule has 0 radical (unpaired) electrons. The summed E-state index contributed by atoms with van der Waals surface area (Å²) >= 11 is 13.3. The summed E-state index contributed by atoms with van der Waals surface area (Å²) in [5.74, 6) is -0.468. The van der Waals surface area contributed by atoms with Gasteiger partial charge in [-0.2, -0.15) is 10.4 Å². The Kier molecular flexibility index (Phi) is 5.37. The molecule has 0 aliphatic rings. The fourth-order valence-corrected chi connectivity index (χ4v) is 3.11. The maximum atomic E-state index is 9.46. The predicted molar refractivity (Wildman–Crippen MR) is 96.5 cm³/mol. The van der Waals surface area contributed by atoms with E-state index in [0.29, 0.717) is 15.7 Å². The maximum absolute atomic E-state index is 9.46. The van der Waals surface area contributed by atoms with Crippen LogP contribution in [0.1, 0.15) is 17.2 Å². The van der Waals surface area contributed by atoms with E-state index < -0.39 is 5.92 Å². The highest BCUT2D eigenvalue weighted by atomic mass is 35.5. The molecule has 6 heteroatoms. The van der Waals surface area contributed by atoms with Crippen LogP contribution in [0.15, 0.2) is 70.6 Å². The van der Waals surface area contributed by atoms with Gasteiger partial charge in [0.15, 0.2) is 0 Å². The first-order valence-electron chi connectivity index (χ1n) is 7.08. The van der Waals surface area contributed by atoms with Gasteiger partial charge in [-0.05, 0) is 54.1 Å². The molecule has 0 spiro atoms. The van der Waals surface area contributed by atoms with Crippen LogP contribution >= 0.6 is 35.0 Å². The first kappa shape index (κ1) is 16.8. The summed E-state index contributed by atoms with van der Waals surface area (Å²) in [7, 11) is 0. The molecule has 1 aromatic heterocycles. The number of rotatable bonds is 4. The van der Waals surface area contributed by atoms with Crippen LogP contribution in [-0.2, 0) is 0 Å². The molecular weight excluding hydrogens is 361 g/mol. The zero-order valence-electron chi connectivity index (χ0n) is 12.4. The SMILES string of the molecule is N#C[C@@H](c1ccc(Cl)cc1)c1ccc(Sc2ccc(Cl)cc2)nn1. The zero-order valence-corrected chi connectivity index (χ0v) is 14.7. The van der Waals surface area contributed by atoms with Crippen molar-refractivity contribution in [2.45, 2.75) is 15.8 Å². The summed E-state index contributed by atoms with van der Waals surface area (Å²) in [6, 6.07) is 20.6. The van der Waals surface area contributed by atoms with Crippen molar-refractivity contribution < 1.29 is 0 Å². The number of nitriles is 1. The van der Waals surface area contributed by atoms with Crippen LogP contribution in [0.3, 0.4) is 0 Å². The highest BCUT2D eigenvalue weighted by molar-refractivity contribution is 7.99. The molecule has 2 aromatic carbocycles. The lowest BCUT2D eigenvalue weighted by Crippen LogP contribution is -2.02. The van der Waals surface area contributed by atoms with Crippen molar-refractivity contribution in [3.8, 4) is 6.07 Å². The van der Waals surface area contributed by atoms with E-state index in [0.717, 1.165) is 15.5 Å². The van der Waals surface area contributed by atoms with E-state index in [-0.39, 0.29) is 0 Å². The second-order valence-corrected chi connectivity index (χ2v) is 6.93. The Balaban J connectivity index is 1.79. The van der Waals surface area contributed by atoms with E-state index in [1.165, 1.54) is 11.8 Å². The number of aromatic nitrogens is 2. The Labute approximate surface area is 154 Å². The Morgan fingerprint density at radius 1 is 0.833 bits per heavy atom. The largest absolute Gasteiger partial charge is 0.197 e. The average molecular weight is 372 g/mol. The van der Waals surface area contributed by atoms with Gasteiger partial charge in [-0.3, -0.25) is 0 Å². The molecule has 1 heterocycles. The van der Waals surface area contributed by atoms with E-state index >= 15 is 0 Å². The molecule has 24 heavy (non-hydrogen) atoms. The van der Waals surface area contributed by atoms with E-state index in [2.05, 4.69) is 16.3 Å². The lowest BCUT2D eigenvalue weighted by atomic mass is 9.97. The predicted octanol–water partition coefficient (Wildman–Crippen LogP) is 5.59. The topological polar surface area (TPSA) is 49.6 Å². The summed E-state index contributed by atoms with van der Waals surface area (Å²) in [6.45, 7) is 0. The van der Waals surface area contributed by atoms with Crippen molar-refractivity contribution >= 4 is 35.0 Å². The summed E-state index contributed by atoms with van der Waals surface area (Å²) in [5.41, 5.74) is 1.45. The van der Waals surface area contributed by atoms with Crippen LogP contribution in [0.25, 0.3) is 0 Å². The fraction of sp³-hybridized carbons (Fsp3) is 0.0556. The first-order valence-corrected chi connectivity index (χ1v) is 8.65. The number of hydrogen-bond acceptors (Lipinski definition) is 4. The number of nitrogens with zero attached hydrogens (tertiary/aromatic N) is 3. The lowest BCUT2D eigenvalue weighted by Gasteiger charge is -2.09. The Hall–Kier alpha value is -2.06. The van der Waals surface area contributed by atoms with E-state index in [9.17, 15) is 5.26 Å². The molecule has 0 saturated carbocycles. The van der Waals surface area contributed by atoms with Crippen molar-refractivity contribution in [2.75, 3.05) is 0 Å². The minimum atomic E-state index is -0.468. The van der Waals surface area contributed by atoms with Crippen molar-refractivity contribution in [3.63, 3.8) is 0 Å². The van der Waals surface area contributed by atoms with Gasteiger partial charge in [0.05, 0.1) is 11.8 Å². The minimum Gasteiger partial charge on any atom is -0.197 e. The van der Waals surface area contributed by atoms with Crippen molar-refractivity contribution in [2.24, 2.45) is 0 Å². The number of benzene rings is 2. The third-order valence-corrected chi connectivity index (χ3v) is 4.76. The van der Waals surface area contributed by atoms with Crippen LogP contribution in [0.2, 0.25) is 10.0 Å². The molecule has 0 bridgehead atoms. The van der Waals surface area contributed by atoms with Gasteiger partial charge in [0.25, 0.3) is 0 Å². The molecule has 3 nitrogen and oxygen atoms in total. The third kappa shape index (κ3) is 4.07. The summed E-state index contributed by atoms with van der Waals surface area (Å²) in [4.78, 5) is 1.02. The summed E-state index contributed by atoms with van der Waals surface area (Å²) < 4.78 is 0. The maximum Gasteiger partial charge on any atom is 0.124 e. The van der Waals surface area contributed by atoms with Crippen LogP contribution < -0.4 is 0 Å². The minimum absolute atomic E-state index is 0.468. The van der Waals surface area contributed by atoms with Crippen LogP contribution in [-0.4, -0.2) is 10.2 Å². The van der Waals surface area contributed by atoms with Crippen molar-refractivity contribution in [3.05, 3.63) is 82.0 Å². The molecule has 0 aliphatic heterocycles. The molecule has 0 amide bonds. The van der Waals surface area contributed by atoms with Crippen molar-refractivity contribution in [1.29, 1.82) is 5.26 Å². The average Bonchev–Trinajstić information content (AvgIpc) is 2.61. The monoisotopic (exact) mass is 371 g/mol. The molecule has 0 aliphatic carbocycles. The quantitative estimate of drug-likeness (QED) is 0.599. The highest BCUT2D eigenvalue weighted by Gasteiger charge is 2.15. The third-order valence-electron chi connectivity index (χ3n) is 3.32. The van der Waals surface area contributed by atoms with Gasteiger partial charge in [0, 0.05) is 14.9 Å². The second kappa shape index (κ2) is 7.67. The lowest BCUT2D eigenvalue weighted by molar-refractivity contribution is 0.837. The summed E-state index contributed by atoms with van der Waals surface area (Å²) in [6.07, 6.45) is 0. The normalized spacial score (nSPS) is 11.7. The first-order chi connectivity index (χ1) is 11.7. The highest BCUT2D eigenvalue weighted by Crippen LogP contribution is 2.28. The van der Waals surface area contributed by atoms with Gasteiger partial charge < -0.3 is 0 Å². The second-order valence-electron chi connectivity index (χ2n) is 4.97. The molecule has 1 atom stereocenters. The fourth-order valence-electron chi connectivity index (χ4n) is 2.13. The molecule has 118 valence electrons. The molecule has 0 saturated heterocycles. The van der Waals surface area contributed by atoms with Gasteiger partial charge >= 0.3 is 0 Å². The van der Waals surface area contributed by atoms with E-state index in [4.69, 9.17) is 23.2 Å². The molecule has 0 N–H and O–H groups in total. The molecule has 3 rings (SSSR count). The Morgan fingerprint density at radius 2 is 1.46 bits per heavy atom.